The maximum Gasteiger partial charge on any atom is 0.271 e. The van der Waals surface area contributed by atoms with Gasteiger partial charge in [-0.1, -0.05) is 42.0 Å². The van der Waals surface area contributed by atoms with Crippen molar-refractivity contribution in [3.63, 3.8) is 0 Å². The third kappa shape index (κ3) is 3.30. The molecule has 0 saturated heterocycles. The molecule has 0 spiro atoms. The molecule has 154 valence electrons. The standard InChI is InChI=1S/C25H20N2O4/c1-14-9-10-20-18(11-14)16(3)23(31-20)22(28)21-15(2)19(12-26)24(29)27(25(21)30)13-17-7-5-4-6-8-17/h4-11,30H,13H2,1-3H3. The minimum absolute atomic E-state index is 0.0268. The summed E-state index contributed by atoms with van der Waals surface area (Å²) in [7, 11) is 0. The van der Waals surface area contributed by atoms with Crippen molar-refractivity contribution in [1.29, 1.82) is 5.26 Å². The highest BCUT2D eigenvalue weighted by Gasteiger charge is 2.28. The van der Waals surface area contributed by atoms with Crippen molar-refractivity contribution in [1.82, 2.24) is 4.57 Å². The minimum atomic E-state index is -0.644. The van der Waals surface area contributed by atoms with Crippen LogP contribution >= 0.6 is 0 Å². The molecule has 2 aromatic heterocycles. The zero-order chi connectivity index (χ0) is 22.3. The second-order valence-electron chi connectivity index (χ2n) is 7.57. The second-order valence-corrected chi connectivity index (χ2v) is 7.57. The fourth-order valence-electron chi connectivity index (χ4n) is 3.80. The first kappa shape index (κ1) is 20.2. The summed E-state index contributed by atoms with van der Waals surface area (Å²) in [5, 5.41) is 21.3. The number of benzene rings is 2. The van der Waals surface area contributed by atoms with E-state index in [4.69, 9.17) is 4.42 Å². The first-order valence-corrected chi connectivity index (χ1v) is 9.78. The summed E-state index contributed by atoms with van der Waals surface area (Å²) in [6.07, 6.45) is 0. The number of carbonyl (C=O) groups is 1. The molecule has 0 radical (unpaired) electrons. The quantitative estimate of drug-likeness (QED) is 0.502. The van der Waals surface area contributed by atoms with Crippen molar-refractivity contribution < 1.29 is 14.3 Å². The molecule has 2 heterocycles. The lowest BCUT2D eigenvalue weighted by atomic mass is 9.98. The second kappa shape index (κ2) is 7.62. The number of hydrogen-bond acceptors (Lipinski definition) is 5. The molecule has 0 amide bonds. The van der Waals surface area contributed by atoms with E-state index in [-0.39, 0.29) is 29.0 Å². The van der Waals surface area contributed by atoms with Gasteiger partial charge in [0.1, 0.15) is 17.2 Å². The van der Waals surface area contributed by atoms with E-state index in [1.54, 1.807) is 25.1 Å². The van der Waals surface area contributed by atoms with Crippen molar-refractivity contribution in [2.75, 3.05) is 0 Å². The summed E-state index contributed by atoms with van der Waals surface area (Å²) in [4.78, 5) is 26.3. The highest BCUT2D eigenvalue weighted by molar-refractivity contribution is 6.12. The number of ketones is 1. The molecular formula is C25H20N2O4. The minimum Gasteiger partial charge on any atom is -0.494 e. The van der Waals surface area contributed by atoms with E-state index in [9.17, 15) is 20.0 Å². The average molecular weight is 412 g/mol. The molecule has 4 rings (SSSR count). The lowest BCUT2D eigenvalue weighted by Crippen LogP contribution is -2.27. The smallest absolute Gasteiger partial charge is 0.271 e. The summed E-state index contributed by atoms with van der Waals surface area (Å²) in [5.74, 6) is -0.973. The van der Waals surface area contributed by atoms with Gasteiger partial charge in [0, 0.05) is 10.9 Å². The Morgan fingerprint density at radius 1 is 1.10 bits per heavy atom. The maximum absolute atomic E-state index is 13.5. The van der Waals surface area contributed by atoms with Crippen LogP contribution in [0.3, 0.4) is 0 Å². The average Bonchev–Trinajstić information content (AvgIpc) is 3.08. The molecule has 6 nitrogen and oxygen atoms in total. The Balaban J connectivity index is 1.93. The van der Waals surface area contributed by atoms with Gasteiger partial charge in [-0.3, -0.25) is 14.2 Å². The molecule has 0 fully saturated rings. The van der Waals surface area contributed by atoms with E-state index in [0.717, 1.165) is 21.1 Å². The van der Waals surface area contributed by atoms with E-state index in [2.05, 4.69) is 0 Å². The van der Waals surface area contributed by atoms with Crippen molar-refractivity contribution >= 4 is 16.8 Å². The van der Waals surface area contributed by atoms with Gasteiger partial charge in [-0.2, -0.15) is 5.26 Å². The zero-order valence-corrected chi connectivity index (χ0v) is 17.4. The third-order valence-electron chi connectivity index (χ3n) is 5.51. The predicted octanol–water partition coefficient (Wildman–Crippen LogP) is 4.38. The van der Waals surface area contributed by atoms with Gasteiger partial charge in [-0.25, -0.2) is 0 Å². The van der Waals surface area contributed by atoms with E-state index in [1.165, 1.54) is 6.92 Å². The maximum atomic E-state index is 13.5. The van der Waals surface area contributed by atoms with Crippen LogP contribution in [0, 0.1) is 32.1 Å². The van der Waals surface area contributed by atoms with Crippen molar-refractivity contribution in [3.8, 4) is 11.9 Å². The number of pyridine rings is 1. The Hall–Kier alpha value is -4.11. The van der Waals surface area contributed by atoms with Gasteiger partial charge >= 0.3 is 0 Å². The van der Waals surface area contributed by atoms with Crippen LogP contribution in [0.1, 0.15) is 43.9 Å². The molecule has 2 aromatic carbocycles. The highest BCUT2D eigenvalue weighted by Crippen LogP contribution is 2.31. The Morgan fingerprint density at radius 3 is 2.48 bits per heavy atom. The molecule has 0 atom stereocenters. The topological polar surface area (TPSA) is 96.2 Å². The predicted molar refractivity (Wildman–Crippen MR) is 116 cm³/mol. The number of nitriles is 1. The molecule has 1 N–H and O–H groups in total. The zero-order valence-electron chi connectivity index (χ0n) is 17.4. The molecule has 0 saturated carbocycles. The van der Waals surface area contributed by atoms with Gasteiger partial charge in [-0.05, 0) is 44.0 Å². The highest BCUT2D eigenvalue weighted by atomic mass is 16.3. The van der Waals surface area contributed by atoms with Crippen LogP contribution < -0.4 is 5.56 Å². The van der Waals surface area contributed by atoms with Crippen LogP contribution in [-0.4, -0.2) is 15.5 Å². The van der Waals surface area contributed by atoms with E-state index < -0.39 is 17.2 Å². The molecule has 0 bridgehead atoms. The first-order chi connectivity index (χ1) is 14.8. The number of aromatic hydroxyl groups is 1. The molecular weight excluding hydrogens is 392 g/mol. The Kier molecular flexibility index (Phi) is 4.96. The Bertz CT molecular complexity index is 1440. The lowest BCUT2D eigenvalue weighted by molar-refractivity contribution is 0.101. The SMILES string of the molecule is Cc1ccc2oc(C(=O)c3c(C)c(C#N)c(=O)n(Cc4ccccc4)c3O)c(C)c2c1. The number of carbonyl (C=O) groups excluding carboxylic acids is 1. The van der Waals surface area contributed by atoms with Crippen molar-refractivity contribution in [2.24, 2.45) is 0 Å². The Labute approximate surface area is 178 Å². The van der Waals surface area contributed by atoms with E-state index in [1.807, 2.05) is 43.3 Å². The van der Waals surface area contributed by atoms with Gasteiger partial charge in [0.2, 0.25) is 11.7 Å². The number of rotatable bonds is 4. The summed E-state index contributed by atoms with van der Waals surface area (Å²) in [6, 6.07) is 16.5. The monoisotopic (exact) mass is 412 g/mol. The summed E-state index contributed by atoms with van der Waals surface area (Å²) < 4.78 is 6.86. The van der Waals surface area contributed by atoms with Gasteiger partial charge in [0.25, 0.3) is 5.56 Å². The molecule has 6 heteroatoms. The van der Waals surface area contributed by atoms with Crippen molar-refractivity contribution in [3.05, 3.63) is 98.0 Å². The number of nitrogens with zero attached hydrogens (tertiary/aromatic N) is 2. The largest absolute Gasteiger partial charge is 0.494 e. The molecule has 4 aromatic rings. The van der Waals surface area contributed by atoms with Gasteiger partial charge < -0.3 is 9.52 Å². The molecule has 0 aliphatic heterocycles. The van der Waals surface area contributed by atoms with Crippen LogP contribution in [0.2, 0.25) is 0 Å². The van der Waals surface area contributed by atoms with Crippen LogP contribution in [0.4, 0.5) is 0 Å². The number of aryl methyl sites for hydroxylation is 2. The third-order valence-corrected chi connectivity index (χ3v) is 5.51. The number of furan rings is 1. The molecule has 0 unspecified atom stereocenters. The fraction of sp³-hybridized carbons (Fsp3) is 0.160. The van der Waals surface area contributed by atoms with Crippen molar-refractivity contribution in [2.45, 2.75) is 27.3 Å². The first-order valence-electron chi connectivity index (χ1n) is 9.78. The van der Waals surface area contributed by atoms with Crippen LogP contribution in [0.5, 0.6) is 5.88 Å². The number of aromatic nitrogens is 1. The number of hydrogen-bond donors (Lipinski definition) is 1. The van der Waals surface area contributed by atoms with Crippen LogP contribution in [0.25, 0.3) is 11.0 Å². The van der Waals surface area contributed by atoms with E-state index >= 15 is 0 Å². The summed E-state index contributed by atoms with van der Waals surface area (Å²) >= 11 is 0. The number of fused-ring (bicyclic) bond motifs is 1. The van der Waals surface area contributed by atoms with E-state index in [0.29, 0.717) is 11.1 Å². The van der Waals surface area contributed by atoms with Crippen LogP contribution in [-0.2, 0) is 6.54 Å². The molecule has 0 aliphatic rings. The van der Waals surface area contributed by atoms with Gasteiger partial charge in [-0.15, -0.1) is 0 Å². The lowest BCUT2D eigenvalue weighted by Gasteiger charge is -2.15. The van der Waals surface area contributed by atoms with Gasteiger partial charge in [0.15, 0.2) is 5.76 Å². The fourth-order valence-corrected chi connectivity index (χ4v) is 3.80. The normalized spacial score (nSPS) is 10.9. The van der Waals surface area contributed by atoms with Crippen LogP contribution in [0.15, 0.2) is 57.7 Å². The van der Waals surface area contributed by atoms with Gasteiger partial charge in [0.05, 0.1) is 12.1 Å². The molecule has 31 heavy (non-hydrogen) atoms. The summed E-state index contributed by atoms with van der Waals surface area (Å²) in [6.45, 7) is 5.24. The molecule has 0 aliphatic carbocycles. The summed E-state index contributed by atoms with van der Waals surface area (Å²) in [5.41, 5.74) is 2.18. The Morgan fingerprint density at radius 2 is 1.81 bits per heavy atom.